The van der Waals surface area contributed by atoms with E-state index in [-0.39, 0.29) is 30.8 Å². The Balaban J connectivity index is 1.37. The molecule has 0 unspecified atom stereocenters. The Bertz CT molecular complexity index is 1650. The van der Waals surface area contributed by atoms with Crippen molar-refractivity contribution in [2.45, 2.75) is 38.3 Å². The van der Waals surface area contributed by atoms with E-state index < -0.39 is 11.7 Å². The molecular weight excluding hydrogens is 549 g/mol. The van der Waals surface area contributed by atoms with Crippen molar-refractivity contribution in [3.63, 3.8) is 0 Å². The van der Waals surface area contributed by atoms with Crippen LogP contribution in [0, 0.1) is 11.3 Å². The molecule has 1 saturated heterocycles. The van der Waals surface area contributed by atoms with Crippen LogP contribution in [0.15, 0.2) is 60.7 Å². The van der Waals surface area contributed by atoms with Crippen molar-refractivity contribution in [2.24, 2.45) is 0 Å². The summed E-state index contributed by atoms with van der Waals surface area (Å²) in [6.45, 7) is 6.31. The van der Waals surface area contributed by atoms with Gasteiger partial charge in [-0.05, 0) is 44.3 Å². The van der Waals surface area contributed by atoms with Crippen molar-refractivity contribution in [3.8, 4) is 17.8 Å². The fraction of sp³-hybridized carbons (Fsp3) is 0.375. The highest BCUT2D eigenvalue weighted by molar-refractivity contribution is 5.96. The van der Waals surface area contributed by atoms with Crippen LogP contribution in [-0.4, -0.2) is 76.7 Å². The smallest absolute Gasteiger partial charge is 0.318 e. The predicted molar refractivity (Wildman–Crippen MR) is 161 cm³/mol. The zero-order chi connectivity index (χ0) is 30.1. The number of anilines is 2. The minimum Gasteiger partial charge on any atom is -0.508 e. The van der Waals surface area contributed by atoms with E-state index in [1.165, 1.54) is 4.90 Å². The summed E-state index contributed by atoms with van der Waals surface area (Å²) in [5, 5.41) is 21.9. The van der Waals surface area contributed by atoms with E-state index in [0.29, 0.717) is 44.2 Å². The number of benzene rings is 2. The number of carbonyl (C=O) groups excluding carboxylic acids is 1. The Kier molecular flexibility index (Phi) is 7.86. The first kappa shape index (κ1) is 28.4. The van der Waals surface area contributed by atoms with Gasteiger partial charge < -0.3 is 29.4 Å². The van der Waals surface area contributed by atoms with Gasteiger partial charge in [0, 0.05) is 54.6 Å². The Morgan fingerprint density at radius 2 is 2.05 bits per heavy atom. The molecule has 43 heavy (non-hydrogen) atoms. The number of phenols is 1. The van der Waals surface area contributed by atoms with E-state index >= 15 is 0 Å². The number of nitrogens with zero attached hydrogens (tertiary/aromatic N) is 7. The lowest BCUT2D eigenvalue weighted by molar-refractivity contribution is -0.126. The van der Waals surface area contributed by atoms with Gasteiger partial charge in [-0.15, -0.1) is 0 Å². The highest BCUT2D eigenvalue weighted by Gasteiger charge is 2.31. The van der Waals surface area contributed by atoms with Crippen molar-refractivity contribution in [1.82, 2.24) is 19.8 Å². The number of hydrogen-bond acceptors (Lipinski definition) is 9. The summed E-state index contributed by atoms with van der Waals surface area (Å²) in [5.41, 5.74) is 3.06. The van der Waals surface area contributed by atoms with E-state index in [1.807, 2.05) is 29.2 Å². The average molecular weight is 584 g/mol. The number of carbonyl (C=O) groups is 1. The van der Waals surface area contributed by atoms with Crippen molar-refractivity contribution in [2.75, 3.05) is 49.6 Å². The summed E-state index contributed by atoms with van der Waals surface area (Å²) in [4.78, 5) is 29.8. The maximum atomic E-state index is 13.8. The molecule has 222 valence electrons. The molecule has 3 aliphatic rings. The van der Waals surface area contributed by atoms with Crippen LogP contribution in [0.5, 0.6) is 11.8 Å². The van der Waals surface area contributed by atoms with Gasteiger partial charge in [0.1, 0.15) is 18.2 Å². The first-order valence-corrected chi connectivity index (χ1v) is 14.5. The van der Waals surface area contributed by atoms with Gasteiger partial charge >= 0.3 is 6.01 Å². The molecule has 0 saturated carbocycles. The Morgan fingerprint density at radius 1 is 1.21 bits per heavy atom. The number of likely N-dealkylation sites (N-methyl/N-ethyl adjacent to an activating group) is 1. The van der Waals surface area contributed by atoms with Crippen LogP contribution in [0.3, 0.4) is 0 Å². The van der Waals surface area contributed by atoms with E-state index in [1.54, 1.807) is 18.3 Å². The molecule has 3 aromatic rings. The fourth-order valence-electron chi connectivity index (χ4n) is 6.23. The first-order valence-electron chi connectivity index (χ1n) is 14.5. The molecule has 0 spiro atoms. The number of aromatic hydroxyl groups is 1. The normalized spacial score (nSPS) is 18.8. The predicted octanol–water partition coefficient (Wildman–Crippen LogP) is 4.26. The van der Waals surface area contributed by atoms with Crippen molar-refractivity contribution in [1.29, 1.82) is 5.26 Å². The summed E-state index contributed by atoms with van der Waals surface area (Å²) in [6, 6.07) is 14.1. The van der Waals surface area contributed by atoms with E-state index in [9.17, 15) is 19.6 Å². The van der Waals surface area contributed by atoms with Crippen molar-refractivity contribution in [3.05, 3.63) is 72.0 Å². The summed E-state index contributed by atoms with van der Waals surface area (Å²) in [7, 11) is 2.09. The molecule has 0 radical (unpaired) electrons. The Morgan fingerprint density at radius 3 is 2.81 bits per heavy atom. The number of ether oxygens (including phenoxy) is 1. The largest absolute Gasteiger partial charge is 0.508 e. The number of halogens is 1. The number of rotatable bonds is 7. The molecule has 1 N–H and O–H groups in total. The zero-order valence-electron chi connectivity index (χ0n) is 24.2. The molecule has 10 nitrogen and oxygen atoms in total. The standard InChI is InChI=1S/C32H34FN7O3/c1-21(33)31(42)40-15-14-39(18-23(40)9-11-34)30-27-10-13-38(29-17-25(41)16-22-6-3-4-8-26(22)29)19-28(27)35-32(36-30)43-20-24-7-5-12-37(24)2/h3-4,6,8,16-18,24,41H,1,5,7,9-10,12-15,19-20H2,2H3/t24-/m0/s1. The lowest BCUT2D eigenvalue weighted by Crippen LogP contribution is -2.43. The molecule has 4 heterocycles. The quantitative estimate of drug-likeness (QED) is 0.408. The average Bonchev–Trinajstić information content (AvgIpc) is 3.42. The second-order valence-electron chi connectivity index (χ2n) is 11.2. The van der Waals surface area contributed by atoms with Gasteiger partial charge in [0.05, 0.1) is 30.4 Å². The molecule has 1 fully saturated rings. The highest BCUT2D eigenvalue weighted by Crippen LogP contribution is 2.37. The number of phenolic OH excluding ortho intramolecular Hbond substituents is 1. The Hall–Kier alpha value is -4.69. The van der Waals surface area contributed by atoms with Crippen LogP contribution in [0.2, 0.25) is 0 Å². The van der Waals surface area contributed by atoms with Gasteiger partial charge in [0.25, 0.3) is 5.91 Å². The third-order valence-electron chi connectivity index (χ3n) is 8.49. The second-order valence-corrected chi connectivity index (χ2v) is 11.2. The Labute approximate surface area is 249 Å². The van der Waals surface area contributed by atoms with Gasteiger partial charge in [0.15, 0.2) is 5.83 Å². The lowest BCUT2D eigenvalue weighted by Gasteiger charge is -2.36. The van der Waals surface area contributed by atoms with Crippen LogP contribution in [-0.2, 0) is 17.8 Å². The van der Waals surface area contributed by atoms with Crippen LogP contribution < -0.4 is 14.5 Å². The number of amides is 1. The van der Waals surface area contributed by atoms with Crippen molar-refractivity contribution >= 4 is 28.2 Å². The molecule has 6 rings (SSSR count). The minimum absolute atomic E-state index is 0.0709. The van der Waals surface area contributed by atoms with E-state index in [2.05, 4.69) is 29.5 Å². The van der Waals surface area contributed by atoms with Gasteiger partial charge in [-0.2, -0.15) is 15.2 Å². The maximum Gasteiger partial charge on any atom is 0.318 e. The summed E-state index contributed by atoms with van der Waals surface area (Å²) in [5.74, 6) is -1.05. The van der Waals surface area contributed by atoms with Crippen molar-refractivity contribution < 1.29 is 19.0 Å². The van der Waals surface area contributed by atoms with Crippen LogP contribution in [0.25, 0.3) is 10.8 Å². The molecule has 1 aromatic heterocycles. The van der Waals surface area contributed by atoms with Gasteiger partial charge in [0.2, 0.25) is 0 Å². The number of hydrogen-bond donors (Lipinski definition) is 1. The number of allylic oxidation sites excluding steroid dienone is 1. The van der Waals surface area contributed by atoms with Gasteiger partial charge in [-0.3, -0.25) is 4.79 Å². The maximum absolute atomic E-state index is 13.8. The van der Waals surface area contributed by atoms with Crippen LogP contribution >= 0.6 is 0 Å². The number of likely N-dealkylation sites (tertiary alicyclic amines) is 1. The minimum atomic E-state index is -1.07. The summed E-state index contributed by atoms with van der Waals surface area (Å²) in [6.07, 6.45) is 4.41. The first-order chi connectivity index (χ1) is 20.8. The zero-order valence-corrected chi connectivity index (χ0v) is 24.2. The van der Waals surface area contributed by atoms with Crippen LogP contribution in [0.1, 0.15) is 30.5 Å². The molecule has 11 heteroatoms. The molecule has 1 atom stereocenters. The fourth-order valence-corrected chi connectivity index (χ4v) is 6.23. The molecule has 0 bridgehead atoms. The SMILES string of the molecule is C=C(F)C(=O)N1CCN(c2nc(OC[C@@H]3CCCN3C)nc3c2CCN(c2cc(O)cc4ccccc24)C3)C=C1CC#N. The number of aromatic nitrogens is 2. The van der Waals surface area contributed by atoms with Gasteiger partial charge in [-0.1, -0.05) is 30.8 Å². The monoisotopic (exact) mass is 583 g/mol. The lowest BCUT2D eigenvalue weighted by atomic mass is 10.0. The molecule has 3 aliphatic heterocycles. The highest BCUT2D eigenvalue weighted by atomic mass is 19.1. The molecule has 2 aromatic carbocycles. The number of nitriles is 1. The van der Waals surface area contributed by atoms with E-state index in [4.69, 9.17) is 14.7 Å². The van der Waals surface area contributed by atoms with Crippen LogP contribution in [0.4, 0.5) is 15.9 Å². The third kappa shape index (κ3) is 5.70. The van der Waals surface area contributed by atoms with E-state index in [0.717, 1.165) is 47.1 Å². The molecular formula is C32H34FN7O3. The second kappa shape index (κ2) is 11.9. The van der Waals surface area contributed by atoms with Gasteiger partial charge in [-0.25, -0.2) is 4.39 Å². The number of fused-ring (bicyclic) bond motifs is 2. The molecule has 0 aliphatic carbocycles. The third-order valence-corrected chi connectivity index (χ3v) is 8.49. The summed E-state index contributed by atoms with van der Waals surface area (Å²) < 4.78 is 20.0. The topological polar surface area (TPSA) is 109 Å². The molecule has 1 amide bonds. The summed E-state index contributed by atoms with van der Waals surface area (Å²) >= 11 is 0.